The molecule has 2 saturated heterocycles. The van der Waals surface area contributed by atoms with E-state index in [0.717, 1.165) is 30.2 Å². The summed E-state index contributed by atoms with van der Waals surface area (Å²) >= 11 is 0. The van der Waals surface area contributed by atoms with Gasteiger partial charge in [0.25, 0.3) is 5.91 Å². The number of rotatable bonds is 5. The molecule has 0 radical (unpaired) electrons. The minimum absolute atomic E-state index is 0.176. The number of nitrogens with one attached hydrogen (secondary N) is 1. The summed E-state index contributed by atoms with van der Waals surface area (Å²) in [7, 11) is 0. The number of cyclic esters (lactones) is 1. The van der Waals surface area contributed by atoms with Crippen LogP contribution in [-0.4, -0.2) is 55.4 Å². The van der Waals surface area contributed by atoms with Crippen LogP contribution < -0.4 is 15.1 Å². The second-order valence-electron chi connectivity index (χ2n) is 7.68. The van der Waals surface area contributed by atoms with Crippen LogP contribution in [0.2, 0.25) is 0 Å². The van der Waals surface area contributed by atoms with E-state index in [1.165, 1.54) is 0 Å². The second kappa shape index (κ2) is 8.71. The number of carbonyl (C=O) groups is 2. The van der Waals surface area contributed by atoms with E-state index in [9.17, 15) is 9.59 Å². The number of anilines is 2. The van der Waals surface area contributed by atoms with Crippen molar-refractivity contribution < 1.29 is 19.1 Å². The minimum atomic E-state index is -0.357. The SMILES string of the molecule is CC1CN(c2ccc(CNC(=O)c3ccc(N4CCOC4=O)cc3)cn2)CC(C)O1. The maximum absolute atomic E-state index is 12.4. The molecule has 8 nitrogen and oxygen atoms in total. The van der Waals surface area contributed by atoms with Crippen LogP contribution >= 0.6 is 0 Å². The van der Waals surface area contributed by atoms with Gasteiger partial charge >= 0.3 is 6.09 Å². The first kappa shape index (κ1) is 20.2. The Morgan fingerprint density at radius 3 is 2.47 bits per heavy atom. The van der Waals surface area contributed by atoms with Crippen LogP contribution in [0.1, 0.15) is 29.8 Å². The predicted molar refractivity (Wildman–Crippen MR) is 113 cm³/mol. The Bertz CT molecular complexity index is 890. The predicted octanol–water partition coefficient (Wildman–Crippen LogP) is 2.58. The highest BCUT2D eigenvalue weighted by atomic mass is 16.6. The molecule has 0 spiro atoms. The Morgan fingerprint density at radius 1 is 1.13 bits per heavy atom. The van der Waals surface area contributed by atoms with E-state index < -0.39 is 0 Å². The summed E-state index contributed by atoms with van der Waals surface area (Å²) in [6, 6.07) is 10.9. The van der Waals surface area contributed by atoms with Crippen LogP contribution in [0.15, 0.2) is 42.6 Å². The summed E-state index contributed by atoms with van der Waals surface area (Å²) < 4.78 is 10.7. The molecule has 2 atom stereocenters. The first-order valence-electron chi connectivity index (χ1n) is 10.2. The molecular formula is C22H26N4O4. The number of carbonyl (C=O) groups excluding carboxylic acids is 2. The summed E-state index contributed by atoms with van der Waals surface area (Å²) in [5.41, 5.74) is 2.19. The van der Waals surface area contributed by atoms with Gasteiger partial charge in [0.15, 0.2) is 0 Å². The van der Waals surface area contributed by atoms with Crippen LogP contribution in [0.3, 0.4) is 0 Å². The van der Waals surface area contributed by atoms with E-state index >= 15 is 0 Å². The number of aromatic nitrogens is 1. The highest BCUT2D eigenvalue weighted by Gasteiger charge is 2.24. The van der Waals surface area contributed by atoms with Gasteiger partial charge in [-0.2, -0.15) is 0 Å². The van der Waals surface area contributed by atoms with Gasteiger partial charge in [-0.3, -0.25) is 9.69 Å². The van der Waals surface area contributed by atoms with Gasteiger partial charge < -0.3 is 19.7 Å². The Balaban J connectivity index is 1.32. The van der Waals surface area contributed by atoms with Crippen molar-refractivity contribution >= 4 is 23.5 Å². The molecule has 0 saturated carbocycles. The van der Waals surface area contributed by atoms with Crippen molar-refractivity contribution in [2.75, 3.05) is 36.0 Å². The first-order chi connectivity index (χ1) is 14.5. The third-order valence-corrected chi connectivity index (χ3v) is 5.21. The zero-order chi connectivity index (χ0) is 21.1. The third-order valence-electron chi connectivity index (χ3n) is 5.21. The Labute approximate surface area is 175 Å². The molecule has 2 unspecified atom stereocenters. The van der Waals surface area contributed by atoms with Crippen LogP contribution in [0, 0.1) is 0 Å². The topological polar surface area (TPSA) is 84.0 Å². The van der Waals surface area contributed by atoms with Crippen molar-refractivity contribution in [3.05, 3.63) is 53.7 Å². The van der Waals surface area contributed by atoms with E-state index in [-0.39, 0.29) is 24.2 Å². The highest BCUT2D eigenvalue weighted by Crippen LogP contribution is 2.20. The second-order valence-corrected chi connectivity index (χ2v) is 7.68. The number of benzene rings is 1. The van der Waals surface area contributed by atoms with Gasteiger partial charge in [0.1, 0.15) is 12.4 Å². The van der Waals surface area contributed by atoms with Crippen LogP contribution in [0.5, 0.6) is 0 Å². The van der Waals surface area contributed by atoms with Crippen molar-refractivity contribution in [3.8, 4) is 0 Å². The Kier molecular flexibility index (Phi) is 5.85. The molecule has 158 valence electrons. The fourth-order valence-electron chi connectivity index (χ4n) is 3.78. The summed E-state index contributed by atoms with van der Waals surface area (Å²) in [4.78, 5) is 32.4. The van der Waals surface area contributed by atoms with Gasteiger partial charge in [0.05, 0.1) is 18.8 Å². The van der Waals surface area contributed by atoms with Crippen LogP contribution in [0.25, 0.3) is 0 Å². The molecule has 1 aromatic carbocycles. The fourth-order valence-corrected chi connectivity index (χ4v) is 3.78. The van der Waals surface area contributed by atoms with Gasteiger partial charge in [-0.25, -0.2) is 9.78 Å². The molecule has 30 heavy (non-hydrogen) atoms. The molecule has 0 aliphatic carbocycles. The Hall–Kier alpha value is -3.13. The largest absolute Gasteiger partial charge is 0.447 e. The summed E-state index contributed by atoms with van der Waals surface area (Å²) in [5, 5.41) is 2.91. The molecule has 0 bridgehead atoms. The molecule has 4 rings (SSSR count). The maximum atomic E-state index is 12.4. The van der Waals surface area contributed by atoms with E-state index in [2.05, 4.69) is 29.0 Å². The number of amides is 2. The highest BCUT2D eigenvalue weighted by molar-refractivity contribution is 5.95. The third kappa shape index (κ3) is 4.54. The van der Waals surface area contributed by atoms with Crippen LogP contribution in [-0.2, 0) is 16.0 Å². The Morgan fingerprint density at radius 2 is 1.87 bits per heavy atom. The number of hydrogen-bond acceptors (Lipinski definition) is 6. The number of pyridine rings is 1. The van der Waals surface area contributed by atoms with E-state index in [1.807, 2.05) is 12.1 Å². The molecular weight excluding hydrogens is 384 g/mol. The quantitative estimate of drug-likeness (QED) is 0.816. The standard InChI is InChI=1S/C22H26N4O4/c1-15-13-25(14-16(2)30-15)20-8-3-17(11-23-20)12-24-21(27)18-4-6-19(7-5-18)26-9-10-29-22(26)28/h3-8,11,15-16H,9-10,12-14H2,1-2H3,(H,24,27). The van der Waals surface area contributed by atoms with Gasteiger partial charge in [0, 0.05) is 37.1 Å². The average molecular weight is 410 g/mol. The molecule has 2 amide bonds. The van der Waals surface area contributed by atoms with E-state index in [1.54, 1.807) is 35.4 Å². The number of morpholine rings is 1. The van der Waals surface area contributed by atoms with Crippen molar-refractivity contribution in [2.45, 2.75) is 32.6 Å². The van der Waals surface area contributed by atoms with E-state index in [0.29, 0.717) is 25.3 Å². The molecule has 8 heteroatoms. The van der Waals surface area contributed by atoms with Crippen LogP contribution in [0.4, 0.5) is 16.3 Å². The summed E-state index contributed by atoms with van der Waals surface area (Å²) in [5.74, 6) is 0.744. The molecule has 1 aromatic heterocycles. The lowest BCUT2D eigenvalue weighted by Crippen LogP contribution is -2.45. The molecule has 2 aromatic rings. The number of nitrogens with zero attached hydrogens (tertiary/aromatic N) is 3. The zero-order valence-corrected chi connectivity index (χ0v) is 17.2. The average Bonchev–Trinajstić information content (AvgIpc) is 3.17. The normalized spacial score (nSPS) is 21.5. The van der Waals surface area contributed by atoms with Crippen molar-refractivity contribution in [2.24, 2.45) is 0 Å². The van der Waals surface area contributed by atoms with Crippen molar-refractivity contribution in [1.29, 1.82) is 0 Å². The van der Waals surface area contributed by atoms with Crippen molar-refractivity contribution in [3.63, 3.8) is 0 Å². The molecule has 1 N–H and O–H groups in total. The monoisotopic (exact) mass is 410 g/mol. The van der Waals surface area contributed by atoms with Crippen molar-refractivity contribution in [1.82, 2.24) is 10.3 Å². The molecule has 2 fully saturated rings. The molecule has 2 aliphatic heterocycles. The smallest absolute Gasteiger partial charge is 0.414 e. The van der Waals surface area contributed by atoms with Gasteiger partial charge in [-0.1, -0.05) is 6.07 Å². The van der Waals surface area contributed by atoms with Gasteiger partial charge in [0.2, 0.25) is 0 Å². The fraction of sp³-hybridized carbons (Fsp3) is 0.409. The molecule has 3 heterocycles. The lowest BCUT2D eigenvalue weighted by Gasteiger charge is -2.36. The minimum Gasteiger partial charge on any atom is -0.447 e. The molecule has 2 aliphatic rings. The first-order valence-corrected chi connectivity index (χ1v) is 10.2. The number of ether oxygens (including phenoxy) is 2. The number of hydrogen-bond donors (Lipinski definition) is 1. The summed E-state index contributed by atoms with van der Waals surface area (Å²) in [6.45, 7) is 7.07. The maximum Gasteiger partial charge on any atom is 0.414 e. The summed E-state index contributed by atoms with van der Waals surface area (Å²) in [6.07, 6.45) is 1.79. The van der Waals surface area contributed by atoms with Gasteiger partial charge in [-0.15, -0.1) is 0 Å². The van der Waals surface area contributed by atoms with Gasteiger partial charge in [-0.05, 0) is 49.7 Å². The lowest BCUT2D eigenvalue weighted by atomic mass is 10.1. The lowest BCUT2D eigenvalue weighted by molar-refractivity contribution is -0.00546. The zero-order valence-electron chi connectivity index (χ0n) is 17.2. The van der Waals surface area contributed by atoms with E-state index in [4.69, 9.17) is 9.47 Å².